The molecule has 120 valence electrons. The maximum atomic E-state index is 14.3. The number of benzene rings is 2. The van der Waals surface area contributed by atoms with Gasteiger partial charge in [-0.3, -0.25) is 0 Å². The van der Waals surface area contributed by atoms with Crippen molar-refractivity contribution in [3.05, 3.63) is 64.4 Å². The number of amides is 1. The van der Waals surface area contributed by atoms with Crippen molar-refractivity contribution in [1.82, 2.24) is 5.32 Å². The van der Waals surface area contributed by atoms with Gasteiger partial charge in [0.15, 0.2) is 0 Å². The second kappa shape index (κ2) is 7.74. The summed E-state index contributed by atoms with van der Waals surface area (Å²) < 4.78 is 19.4. The predicted molar refractivity (Wildman–Crippen MR) is 85.2 cm³/mol. The van der Waals surface area contributed by atoms with E-state index in [0.717, 1.165) is 0 Å². The minimum absolute atomic E-state index is 0.0697. The Balaban J connectivity index is 2.21. The Morgan fingerprint density at radius 3 is 2.65 bits per heavy atom. The van der Waals surface area contributed by atoms with Crippen LogP contribution in [0.1, 0.15) is 23.6 Å². The summed E-state index contributed by atoms with van der Waals surface area (Å²) >= 11 is 5.79. The number of hydrogen-bond donors (Lipinski definition) is 1. The molecular weight excluding hydrogens is 321 g/mol. The van der Waals surface area contributed by atoms with Crippen molar-refractivity contribution in [1.29, 1.82) is 0 Å². The highest BCUT2D eigenvalue weighted by molar-refractivity contribution is 6.30. The molecule has 2 aromatic carbocycles. The monoisotopic (exact) mass is 335 g/mol. The van der Waals surface area contributed by atoms with E-state index in [-0.39, 0.29) is 17.0 Å². The van der Waals surface area contributed by atoms with E-state index < -0.39 is 18.0 Å². The van der Waals surface area contributed by atoms with Gasteiger partial charge in [-0.1, -0.05) is 35.9 Å². The van der Waals surface area contributed by atoms with E-state index in [1.165, 1.54) is 6.07 Å². The number of aryl methyl sites for hydroxylation is 1. The molecule has 0 unspecified atom stereocenters. The molecule has 1 atom stereocenters. The van der Waals surface area contributed by atoms with Crippen LogP contribution in [0.5, 0.6) is 5.75 Å². The summed E-state index contributed by atoms with van der Waals surface area (Å²) in [5, 5.41) is 2.43. The van der Waals surface area contributed by atoms with E-state index in [4.69, 9.17) is 16.3 Å². The molecule has 0 spiro atoms. The van der Waals surface area contributed by atoms with Gasteiger partial charge < -0.3 is 14.8 Å². The van der Waals surface area contributed by atoms with Crippen LogP contribution in [0.2, 0.25) is 5.02 Å². The van der Waals surface area contributed by atoms with Gasteiger partial charge in [0.1, 0.15) is 17.9 Å². The molecule has 2 aromatic rings. The smallest absolute Gasteiger partial charge is 0.410 e. The minimum Gasteiger partial charge on any atom is -0.410 e. The lowest BCUT2D eigenvalue weighted by Gasteiger charge is -2.20. The van der Waals surface area contributed by atoms with E-state index >= 15 is 0 Å². The first-order valence-electron chi connectivity index (χ1n) is 6.94. The summed E-state index contributed by atoms with van der Waals surface area (Å²) in [5.41, 5.74) is 0.758. The van der Waals surface area contributed by atoms with Crippen molar-refractivity contribution < 1.29 is 18.7 Å². The zero-order valence-corrected chi connectivity index (χ0v) is 13.1. The third-order valence-corrected chi connectivity index (χ3v) is 3.57. The third kappa shape index (κ3) is 4.29. The molecule has 0 fully saturated rings. The highest BCUT2D eigenvalue weighted by Gasteiger charge is 2.22. The predicted octanol–water partition coefficient (Wildman–Crippen LogP) is 4.21. The molecule has 0 saturated carbocycles. The summed E-state index contributed by atoms with van der Waals surface area (Å²) in [6.45, 7) is 1.68. The minimum atomic E-state index is -0.859. The lowest BCUT2D eigenvalue weighted by atomic mass is 9.98. The largest absolute Gasteiger partial charge is 0.413 e. The van der Waals surface area contributed by atoms with Gasteiger partial charge in [-0.25, -0.2) is 9.18 Å². The first kappa shape index (κ1) is 17.0. The fourth-order valence-electron chi connectivity index (χ4n) is 2.20. The lowest BCUT2D eigenvalue weighted by Crippen LogP contribution is -2.32. The van der Waals surface area contributed by atoms with Crippen molar-refractivity contribution in [3.63, 3.8) is 0 Å². The van der Waals surface area contributed by atoms with Gasteiger partial charge in [0.05, 0.1) is 11.1 Å². The van der Waals surface area contributed by atoms with Crippen LogP contribution in [0.25, 0.3) is 0 Å². The van der Waals surface area contributed by atoms with Crippen molar-refractivity contribution >= 4 is 24.0 Å². The quantitative estimate of drug-likeness (QED) is 0.833. The van der Waals surface area contributed by atoms with Gasteiger partial charge in [-0.2, -0.15) is 0 Å². The van der Waals surface area contributed by atoms with E-state index in [9.17, 15) is 14.0 Å². The molecule has 0 aliphatic rings. The Bertz CT molecular complexity index is 706. The molecule has 1 amide bonds. The Kier molecular flexibility index (Phi) is 5.71. The maximum absolute atomic E-state index is 14.3. The molecule has 0 aliphatic carbocycles. The van der Waals surface area contributed by atoms with Gasteiger partial charge >= 0.3 is 6.09 Å². The summed E-state index contributed by atoms with van der Waals surface area (Å²) in [7, 11) is 0. The molecule has 0 bridgehead atoms. The Hall–Kier alpha value is -2.40. The van der Waals surface area contributed by atoms with Crippen LogP contribution in [0, 0.1) is 12.7 Å². The van der Waals surface area contributed by atoms with Crippen LogP contribution < -0.4 is 10.1 Å². The lowest BCUT2D eigenvalue weighted by molar-refractivity contribution is -0.108. The molecule has 1 N–H and O–H groups in total. The molecule has 0 radical (unpaired) electrons. The van der Waals surface area contributed by atoms with Crippen LogP contribution in [-0.4, -0.2) is 12.4 Å². The van der Waals surface area contributed by atoms with Crippen molar-refractivity contribution in [2.75, 3.05) is 0 Å². The number of para-hydroxylation sites is 1. The normalized spacial score (nSPS) is 11.6. The SMILES string of the molecule is Cc1ccc(Cl)c(F)c1[C@H](CC=O)NC(=O)Oc1ccccc1. The van der Waals surface area contributed by atoms with Crippen LogP contribution in [0.15, 0.2) is 42.5 Å². The molecule has 0 aliphatic heterocycles. The number of aldehydes is 1. The number of nitrogens with one attached hydrogen (secondary N) is 1. The van der Waals surface area contributed by atoms with E-state index in [0.29, 0.717) is 17.6 Å². The topological polar surface area (TPSA) is 55.4 Å². The number of carbonyl (C=O) groups excluding carboxylic acids is 2. The average Bonchev–Trinajstić information content (AvgIpc) is 2.52. The number of rotatable bonds is 5. The Morgan fingerprint density at radius 1 is 1.30 bits per heavy atom. The summed E-state index contributed by atoms with van der Waals surface area (Å²) in [4.78, 5) is 22.9. The summed E-state index contributed by atoms with van der Waals surface area (Å²) in [6, 6.07) is 10.6. The number of ether oxygens (including phenoxy) is 1. The van der Waals surface area contributed by atoms with Crippen LogP contribution >= 0.6 is 11.6 Å². The maximum Gasteiger partial charge on any atom is 0.413 e. The Morgan fingerprint density at radius 2 is 2.00 bits per heavy atom. The first-order chi connectivity index (χ1) is 11.0. The van der Waals surface area contributed by atoms with Crippen molar-refractivity contribution in [2.24, 2.45) is 0 Å². The second-order valence-electron chi connectivity index (χ2n) is 4.89. The van der Waals surface area contributed by atoms with Gasteiger partial charge in [0, 0.05) is 12.0 Å². The first-order valence-corrected chi connectivity index (χ1v) is 7.32. The summed E-state index contributed by atoms with van der Waals surface area (Å²) in [5.74, 6) is -0.309. The number of hydrogen-bond acceptors (Lipinski definition) is 3. The highest BCUT2D eigenvalue weighted by Crippen LogP contribution is 2.28. The molecule has 2 rings (SSSR count). The fourth-order valence-corrected chi connectivity index (χ4v) is 2.37. The van der Waals surface area contributed by atoms with E-state index in [1.54, 1.807) is 43.3 Å². The van der Waals surface area contributed by atoms with E-state index in [2.05, 4.69) is 5.32 Å². The van der Waals surface area contributed by atoms with Crippen LogP contribution in [-0.2, 0) is 4.79 Å². The van der Waals surface area contributed by atoms with E-state index in [1.807, 2.05) is 0 Å². The molecule has 0 heterocycles. The molecule has 6 heteroatoms. The fraction of sp³-hybridized carbons (Fsp3) is 0.176. The van der Waals surface area contributed by atoms with Gasteiger partial charge in [-0.15, -0.1) is 0 Å². The summed E-state index contributed by atoms with van der Waals surface area (Å²) in [6.07, 6.45) is -0.267. The molecule has 0 saturated heterocycles. The molecule has 4 nitrogen and oxygen atoms in total. The van der Waals surface area contributed by atoms with Crippen LogP contribution in [0.4, 0.5) is 9.18 Å². The second-order valence-corrected chi connectivity index (χ2v) is 5.30. The number of carbonyl (C=O) groups is 2. The zero-order valence-electron chi connectivity index (χ0n) is 12.4. The highest BCUT2D eigenvalue weighted by atomic mass is 35.5. The van der Waals surface area contributed by atoms with Crippen LogP contribution in [0.3, 0.4) is 0 Å². The molecule has 0 aromatic heterocycles. The van der Waals surface area contributed by atoms with Crippen molar-refractivity contribution in [3.8, 4) is 5.75 Å². The third-order valence-electron chi connectivity index (χ3n) is 3.28. The molecular formula is C17H15ClFNO3. The standard InChI is InChI=1S/C17H15ClFNO3/c1-11-7-8-13(18)16(19)15(11)14(9-10-21)20-17(22)23-12-5-3-2-4-6-12/h2-8,10,14H,9H2,1H3,(H,20,22)/t14-/m0/s1. The zero-order chi connectivity index (χ0) is 16.8. The molecule has 23 heavy (non-hydrogen) atoms. The van der Waals surface area contributed by atoms with Gasteiger partial charge in [0.25, 0.3) is 0 Å². The van der Waals surface area contributed by atoms with Gasteiger partial charge in [0.2, 0.25) is 0 Å². The number of halogens is 2. The average molecular weight is 336 g/mol. The van der Waals surface area contributed by atoms with Crippen molar-refractivity contribution in [2.45, 2.75) is 19.4 Å². The van der Waals surface area contributed by atoms with Gasteiger partial charge in [-0.05, 0) is 30.7 Å². The Labute approximate surface area is 138 Å².